The van der Waals surface area contributed by atoms with Crippen molar-refractivity contribution in [3.63, 3.8) is 0 Å². The summed E-state index contributed by atoms with van der Waals surface area (Å²) >= 11 is 0. The molecule has 0 spiro atoms. The van der Waals surface area contributed by atoms with Crippen LogP contribution >= 0.6 is 0 Å². The van der Waals surface area contributed by atoms with Crippen molar-refractivity contribution in [3.8, 4) is 0 Å². The highest BCUT2D eigenvalue weighted by molar-refractivity contribution is 5.96. The van der Waals surface area contributed by atoms with Crippen LogP contribution < -0.4 is 21.3 Å². The van der Waals surface area contributed by atoms with E-state index < -0.39 is 60.2 Å². The summed E-state index contributed by atoms with van der Waals surface area (Å²) < 4.78 is 0. The molecule has 0 aromatic heterocycles. The first-order valence-electron chi connectivity index (χ1n) is 12.8. The summed E-state index contributed by atoms with van der Waals surface area (Å²) in [5.74, 6) is -4.93. The minimum atomic E-state index is -1.48. The van der Waals surface area contributed by atoms with E-state index in [0.29, 0.717) is 5.56 Å². The lowest BCUT2D eigenvalue weighted by molar-refractivity contribution is -0.143. The first kappa shape index (κ1) is 29.8. The first-order valence-corrected chi connectivity index (χ1v) is 12.8. The number of carboxylic acid groups (broad SMARTS) is 2. The molecule has 0 aliphatic carbocycles. The Morgan fingerprint density at radius 1 is 0.775 bits per heavy atom. The van der Waals surface area contributed by atoms with Crippen LogP contribution in [-0.4, -0.2) is 69.9 Å². The zero-order valence-corrected chi connectivity index (χ0v) is 21.7. The van der Waals surface area contributed by atoms with E-state index in [-0.39, 0.29) is 38.0 Å². The molecule has 1 fully saturated rings. The third-order valence-electron chi connectivity index (χ3n) is 6.40. The zero-order chi connectivity index (χ0) is 29.1. The van der Waals surface area contributed by atoms with Crippen LogP contribution in [0.2, 0.25) is 0 Å². The van der Waals surface area contributed by atoms with Gasteiger partial charge in [-0.2, -0.15) is 0 Å². The van der Waals surface area contributed by atoms with Crippen LogP contribution in [-0.2, 0) is 41.6 Å². The van der Waals surface area contributed by atoms with Gasteiger partial charge in [0.15, 0.2) is 0 Å². The molecule has 6 N–H and O–H groups in total. The van der Waals surface area contributed by atoms with Crippen molar-refractivity contribution in [3.05, 3.63) is 71.8 Å². The molecular weight excluding hydrogens is 520 g/mol. The van der Waals surface area contributed by atoms with Crippen molar-refractivity contribution in [1.29, 1.82) is 0 Å². The van der Waals surface area contributed by atoms with E-state index >= 15 is 0 Å². The Morgan fingerprint density at radius 2 is 1.27 bits per heavy atom. The lowest BCUT2D eigenvalue weighted by Crippen LogP contribution is -2.58. The molecule has 212 valence electrons. The number of carbonyl (C=O) groups excluding carboxylic acids is 4. The highest BCUT2D eigenvalue weighted by Crippen LogP contribution is 2.11. The normalized spacial score (nSPS) is 16.6. The fourth-order valence-corrected chi connectivity index (χ4v) is 4.27. The molecule has 3 rings (SSSR count). The number of aliphatic carboxylic acids is 2. The number of rotatable bonds is 14. The van der Waals surface area contributed by atoms with Gasteiger partial charge in [0.2, 0.25) is 23.6 Å². The Labute approximate surface area is 230 Å². The van der Waals surface area contributed by atoms with Gasteiger partial charge in [-0.3, -0.25) is 24.0 Å². The van der Waals surface area contributed by atoms with E-state index in [0.717, 1.165) is 5.56 Å². The van der Waals surface area contributed by atoms with Crippen LogP contribution in [0.4, 0.5) is 0 Å². The number of carboxylic acids is 2. The van der Waals surface area contributed by atoms with Crippen LogP contribution in [0.5, 0.6) is 0 Å². The number of hydrogen-bond donors (Lipinski definition) is 6. The predicted octanol–water partition coefficient (Wildman–Crippen LogP) is 0.154. The summed E-state index contributed by atoms with van der Waals surface area (Å²) in [7, 11) is 0. The lowest BCUT2D eigenvalue weighted by atomic mass is 10.0. The van der Waals surface area contributed by atoms with Crippen molar-refractivity contribution in [2.75, 3.05) is 0 Å². The van der Waals surface area contributed by atoms with Crippen molar-refractivity contribution in [1.82, 2.24) is 21.3 Å². The van der Waals surface area contributed by atoms with Crippen LogP contribution in [0, 0.1) is 0 Å². The highest BCUT2D eigenvalue weighted by Gasteiger charge is 2.33. The van der Waals surface area contributed by atoms with Crippen LogP contribution in [0.3, 0.4) is 0 Å². The number of benzene rings is 2. The Kier molecular flexibility index (Phi) is 10.7. The Bertz CT molecular complexity index is 1220. The molecule has 1 heterocycles. The smallest absolute Gasteiger partial charge is 0.326 e. The number of amides is 4. The van der Waals surface area contributed by atoms with E-state index in [2.05, 4.69) is 21.3 Å². The molecule has 2 aromatic rings. The van der Waals surface area contributed by atoms with Crippen molar-refractivity contribution in [2.45, 2.75) is 62.7 Å². The molecule has 0 radical (unpaired) electrons. The second-order valence-corrected chi connectivity index (χ2v) is 9.49. The van der Waals surface area contributed by atoms with Gasteiger partial charge < -0.3 is 31.5 Å². The number of hydrogen-bond acceptors (Lipinski definition) is 6. The van der Waals surface area contributed by atoms with Gasteiger partial charge in [-0.25, -0.2) is 4.79 Å². The second-order valence-electron chi connectivity index (χ2n) is 9.49. The molecule has 0 saturated carbocycles. The average Bonchev–Trinajstić information content (AvgIpc) is 3.37. The topological polar surface area (TPSA) is 191 Å². The molecule has 1 saturated heterocycles. The molecule has 12 heteroatoms. The van der Waals surface area contributed by atoms with Gasteiger partial charge in [0.25, 0.3) is 0 Å². The minimum absolute atomic E-state index is 0.00830. The molecule has 0 unspecified atom stereocenters. The monoisotopic (exact) mass is 552 g/mol. The lowest BCUT2D eigenvalue weighted by Gasteiger charge is -2.25. The molecule has 40 heavy (non-hydrogen) atoms. The largest absolute Gasteiger partial charge is 0.481 e. The third kappa shape index (κ3) is 9.22. The maximum atomic E-state index is 13.5. The van der Waals surface area contributed by atoms with Gasteiger partial charge in [-0.05, 0) is 24.0 Å². The molecule has 4 atom stereocenters. The number of nitrogens with one attached hydrogen (secondary N) is 4. The van der Waals surface area contributed by atoms with E-state index in [1.54, 1.807) is 60.7 Å². The van der Waals surface area contributed by atoms with E-state index in [1.807, 2.05) is 0 Å². The van der Waals surface area contributed by atoms with Gasteiger partial charge in [0.1, 0.15) is 24.2 Å². The molecule has 1 aliphatic rings. The molecule has 2 aromatic carbocycles. The molecule has 0 bridgehead atoms. The summed E-state index contributed by atoms with van der Waals surface area (Å²) in [6.45, 7) is 0. The highest BCUT2D eigenvalue weighted by atomic mass is 16.4. The summed E-state index contributed by atoms with van der Waals surface area (Å²) in [6, 6.07) is 13.0. The van der Waals surface area contributed by atoms with Crippen molar-refractivity contribution < 1.29 is 39.0 Å². The summed E-state index contributed by atoms with van der Waals surface area (Å²) in [5.41, 5.74) is 1.42. The van der Waals surface area contributed by atoms with Crippen LogP contribution in [0.15, 0.2) is 60.7 Å². The standard InChI is InChI=1S/C28H32N4O8/c33-23-13-11-19(29-23)25(36)31-22(16-18-9-5-2-6-10-18)27(38)32-21(15-17-7-3-1-4-8-17)26(37)30-20(28(39)40)12-14-24(34)35/h1-10,19-22H,11-16H2,(H,29,33)(H,30,37)(H,31,36)(H,32,38)(H,34,35)(H,39,40)/t19-,20-,21-,22-/m0/s1. The fourth-order valence-electron chi connectivity index (χ4n) is 4.27. The van der Waals surface area contributed by atoms with Gasteiger partial charge >= 0.3 is 11.9 Å². The van der Waals surface area contributed by atoms with E-state index in [9.17, 15) is 33.9 Å². The Morgan fingerprint density at radius 3 is 1.73 bits per heavy atom. The number of carbonyl (C=O) groups is 6. The Balaban J connectivity index is 1.81. The van der Waals surface area contributed by atoms with E-state index in [1.165, 1.54) is 0 Å². The second kappa shape index (κ2) is 14.4. The van der Waals surface area contributed by atoms with Gasteiger partial charge in [0, 0.05) is 25.7 Å². The summed E-state index contributed by atoms with van der Waals surface area (Å²) in [5, 5.41) is 28.6. The predicted molar refractivity (Wildman–Crippen MR) is 142 cm³/mol. The summed E-state index contributed by atoms with van der Waals surface area (Å²) in [6.07, 6.45) is -0.239. The molecular formula is C28H32N4O8. The Hall–Kier alpha value is -4.74. The van der Waals surface area contributed by atoms with Gasteiger partial charge in [0.05, 0.1) is 0 Å². The molecule has 4 amide bonds. The fraction of sp³-hybridized carbons (Fsp3) is 0.357. The van der Waals surface area contributed by atoms with Crippen molar-refractivity contribution in [2.24, 2.45) is 0 Å². The maximum absolute atomic E-state index is 13.5. The quantitative estimate of drug-likeness (QED) is 0.191. The van der Waals surface area contributed by atoms with Crippen LogP contribution in [0.1, 0.15) is 36.8 Å². The van der Waals surface area contributed by atoms with Crippen LogP contribution in [0.25, 0.3) is 0 Å². The minimum Gasteiger partial charge on any atom is -0.481 e. The first-order chi connectivity index (χ1) is 19.1. The molecule has 1 aliphatic heterocycles. The third-order valence-corrected chi connectivity index (χ3v) is 6.40. The van der Waals surface area contributed by atoms with E-state index in [4.69, 9.17) is 5.11 Å². The maximum Gasteiger partial charge on any atom is 0.326 e. The van der Waals surface area contributed by atoms with Gasteiger partial charge in [-0.15, -0.1) is 0 Å². The summed E-state index contributed by atoms with van der Waals surface area (Å²) in [4.78, 5) is 73.8. The molecule has 12 nitrogen and oxygen atoms in total. The zero-order valence-electron chi connectivity index (χ0n) is 21.7. The average molecular weight is 553 g/mol. The van der Waals surface area contributed by atoms with Gasteiger partial charge in [-0.1, -0.05) is 60.7 Å². The van der Waals surface area contributed by atoms with Crippen molar-refractivity contribution >= 4 is 35.6 Å². The SMILES string of the molecule is O=C(O)CC[C@H](NC(=O)[C@H](Cc1ccccc1)NC(=O)[C@H](Cc1ccccc1)NC(=O)[C@@H]1CCC(=O)N1)C(=O)O.